The molecule has 0 saturated carbocycles. The summed E-state index contributed by atoms with van der Waals surface area (Å²) in [5.74, 6) is 0. The van der Waals surface area contributed by atoms with Crippen LogP contribution < -0.4 is 0 Å². The van der Waals surface area contributed by atoms with Gasteiger partial charge in [-0.25, -0.2) is 13.8 Å². The first-order valence-corrected chi connectivity index (χ1v) is 4.33. The first-order valence-electron chi connectivity index (χ1n) is 3.95. The zero-order valence-corrected chi connectivity index (χ0v) is 8.61. The molecule has 0 saturated heterocycles. The quantitative estimate of drug-likeness (QED) is 0.472. The number of nitriles is 1. The molecule has 1 rings (SSSR count). The largest absolute Gasteiger partial charge is 0.294 e. The summed E-state index contributed by atoms with van der Waals surface area (Å²) in [4.78, 5) is 23.6. The van der Waals surface area contributed by atoms with Crippen molar-refractivity contribution in [3.63, 3.8) is 0 Å². The van der Waals surface area contributed by atoms with Crippen molar-refractivity contribution >= 4 is 22.5 Å². The Morgan fingerprint density at radius 1 is 1.65 bits per heavy atom. The summed E-state index contributed by atoms with van der Waals surface area (Å²) in [5.41, 5.74) is -3.83. The Morgan fingerprint density at radius 2 is 2.24 bits per heavy atom. The topological polar surface area (TPSA) is 96.9 Å². The summed E-state index contributed by atoms with van der Waals surface area (Å²) in [7, 11) is 0. The minimum atomic E-state index is -3.20. The Labute approximate surface area is 97.6 Å². The van der Waals surface area contributed by atoms with Crippen LogP contribution in [0.2, 0.25) is 0 Å². The van der Waals surface area contributed by atoms with Crippen LogP contribution in [0.5, 0.6) is 0 Å². The van der Waals surface area contributed by atoms with Crippen LogP contribution in [0.4, 0.5) is 14.5 Å². The summed E-state index contributed by atoms with van der Waals surface area (Å²) in [6, 6.07) is 1.37. The normalized spacial score (nSPS) is 10.1. The molecule has 1 aromatic rings. The van der Waals surface area contributed by atoms with E-state index in [-0.39, 0.29) is 0 Å². The number of hydrogen-bond acceptors (Lipinski definition) is 5. The molecular formula is C8H2ClF2N3O3. The highest BCUT2D eigenvalue weighted by atomic mass is 35.5. The van der Waals surface area contributed by atoms with Gasteiger partial charge in [-0.1, -0.05) is 0 Å². The molecule has 0 fully saturated rings. The van der Waals surface area contributed by atoms with Crippen LogP contribution in [-0.4, -0.2) is 15.1 Å². The van der Waals surface area contributed by atoms with Gasteiger partial charge in [-0.05, 0) is 11.6 Å². The van der Waals surface area contributed by atoms with Gasteiger partial charge < -0.3 is 0 Å². The van der Waals surface area contributed by atoms with Gasteiger partial charge >= 0.3 is 0 Å². The van der Waals surface area contributed by atoms with Gasteiger partial charge in [0.1, 0.15) is 17.2 Å². The molecule has 0 spiro atoms. The number of pyridine rings is 1. The second-order valence-electron chi connectivity index (χ2n) is 2.73. The summed E-state index contributed by atoms with van der Waals surface area (Å²) in [5, 5.41) is 17.8. The maximum atomic E-state index is 12.5. The van der Waals surface area contributed by atoms with Crippen molar-refractivity contribution in [2.75, 3.05) is 0 Å². The van der Waals surface area contributed by atoms with Crippen molar-refractivity contribution in [2.45, 2.75) is 6.43 Å². The van der Waals surface area contributed by atoms with Crippen LogP contribution >= 0.6 is 11.6 Å². The molecule has 0 aromatic carbocycles. The lowest BCUT2D eigenvalue weighted by Crippen LogP contribution is -2.08. The Balaban J connectivity index is 3.73. The van der Waals surface area contributed by atoms with E-state index in [0.717, 1.165) is 0 Å². The summed E-state index contributed by atoms with van der Waals surface area (Å²) >= 11 is 5.03. The van der Waals surface area contributed by atoms with Crippen molar-refractivity contribution in [1.29, 1.82) is 5.26 Å². The van der Waals surface area contributed by atoms with Crippen molar-refractivity contribution in [3.05, 3.63) is 33.1 Å². The Morgan fingerprint density at radius 3 is 2.59 bits per heavy atom. The van der Waals surface area contributed by atoms with Crippen LogP contribution in [0.25, 0.3) is 0 Å². The molecule has 0 unspecified atom stereocenters. The smallest absolute Gasteiger partial charge is 0.275 e. The van der Waals surface area contributed by atoms with E-state index in [0.29, 0.717) is 6.20 Å². The molecule has 1 heterocycles. The SMILES string of the molecule is N#Cc1ncc(C(F)F)c([N+](=O)[O-])c1C(=O)Cl. The molecule has 17 heavy (non-hydrogen) atoms. The maximum Gasteiger partial charge on any atom is 0.294 e. The van der Waals surface area contributed by atoms with Crippen LogP contribution in [-0.2, 0) is 0 Å². The van der Waals surface area contributed by atoms with Gasteiger partial charge in [0.25, 0.3) is 17.4 Å². The number of alkyl halides is 2. The van der Waals surface area contributed by atoms with E-state index < -0.39 is 39.1 Å². The van der Waals surface area contributed by atoms with Gasteiger partial charge in [-0.3, -0.25) is 14.9 Å². The van der Waals surface area contributed by atoms with Gasteiger partial charge in [0.15, 0.2) is 5.69 Å². The number of halogens is 3. The molecule has 0 bridgehead atoms. The first kappa shape index (κ1) is 12.9. The fourth-order valence-corrected chi connectivity index (χ4v) is 1.32. The second kappa shape index (κ2) is 4.80. The maximum absolute atomic E-state index is 12.5. The summed E-state index contributed by atoms with van der Waals surface area (Å²) in [6.07, 6.45) is -2.73. The van der Waals surface area contributed by atoms with E-state index in [1.165, 1.54) is 6.07 Å². The van der Waals surface area contributed by atoms with E-state index in [1.54, 1.807) is 0 Å². The number of rotatable bonds is 3. The van der Waals surface area contributed by atoms with E-state index in [2.05, 4.69) is 4.98 Å². The molecule has 0 amide bonds. The number of nitrogens with zero attached hydrogens (tertiary/aromatic N) is 3. The predicted octanol–water partition coefficient (Wildman–Crippen LogP) is 2.18. The van der Waals surface area contributed by atoms with Gasteiger partial charge in [0.05, 0.1) is 4.92 Å². The standard InChI is InChI=1S/C8H2ClF2N3O3/c9-7(15)5-4(1-12)13-2-3(8(10)11)6(5)14(16)17/h2,8H. The Bertz CT molecular complexity index is 542. The third kappa shape index (κ3) is 2.34. The van der Waals surface area contributed by atoms with Gasteiger partial charge in [-0.15, -0.1) is 0 Å². The van der Waals surface area contributed by atoms with Crippen LogP contribution in [0.3, 0.4) is 0 Å². The van der Waals surface area contributed by atoms with Crippen LogP contribution in [0.15, 0.2) is 6.20 Å². The minimum absolute atomic E-state index is 0.477. The molecule has 0 aliphatic rings. The second-order valence-corrected chi connectivity index (χ2v) is 3.07. The molecule has 0 N–H and O–H groups in total. The Kier molecular flexibility index (Phi) is 3.65. The number of carbonyl (C=O) groups is 1. The highest BCUT2D eigenvalue weighted by Crippen LogP contribution is 2.33. The molecule has 0 aliphatic carbocycles. The van der Waals surface area contributed by atoms with E-state index >= 15 is 0 Å². The Hall–Kier alpha value is -2.14. The zero-order valence-electron chi connectivity index (χ0n) is 7.85. The lowest BCUT2D eigenvalue weighted by Gasteiger charge is -2.05. The summed E-state index contributed by atoms with van der Waals surface area (Å²) < 4.78 is 25.0. The van der Waals surface area contributed by atoms with Gasteiger partial charge in [0.2, 0.25) is 0 Å². The molecule has 0 aliphatic heterocycles. The molecule has 0 radical (unpaired) electrons. The van der Waals surface area contributed by atoms with E-state index in [9.17, 15) is 23.7 Å². The first-order chi connectivity index (χ1) is 7.90. The van der Waals surface area contributed by atoms with E-state index in [4.69, 9.17) is 16.9 Å². The molecular weight excluding hydrogens is 260 g/mol. The average molecular weight is 262 g/mol. The highest BCUT2D eigenvalue weighted by Gasteiger charge is 2.32. The molecule has 9 heteroatoms. The number of hydrogen-bond donors (Lipinski definition) is 0. The number of nitro groups is 1. The average Bonchev–Trinajstić information content (AvgIpc) is 2.26. The lowest BCUT2D eigenvalue weighted by molar-refractivity contribution is -0.386. The third-order valence-corrected chi connectivity index (χ3v) is 1.99. The molecule has 0 atom stereocenters. The van der Waals surface area contributed by atoms with Gasteiger partial charge in [-0.2, -0.15) is 5.26 Å². The molecule has 1 aromatic heterocycles. The van der Waals surface area contributed by atoms with E-state index in [1.807, 2.05) is 0 Å². The van der Waals surface area contributed by atoms with Crippen molar-refractivity contribution in [3.8, 4) is 6.07 Å². The monoisotopic (exact) mass is 261 g/mol. The number of aromatic nitrogens is 1. The summed E-state index contributed by atoms with van der Waals surface area (Å²) in [6.45, 7) is 0. The number of carbonyl (C=O) groups excluding carboxylic acids is 1. The lowest BCUT2D eigenvalue weighted by atomic mass is 10.1. The zero-order chi connectivity index (χ0) is 13.2. The van der Waals surface area contributed by atoms with Crippen LogP contribution in [0.1, 0.15) is 28.0 Å². The van der Waals surface area contributed by atoms with Crippen molar-refractivity contribution in [1.82, 2.24) is 4.98 Å². The minimum Gasteiger partial charge on any atom is -0.275 e. The molecule has 88 valence electrons. The van der Waals surface area contributed by atoms with Crippen molar-refractivity contribution < 1.29 is 18.5 Å². The van der Waals surface area contributed by atoms with Gasteiger partial charge in [0, 0.05) is 6.20 Å². The predicted molar refractivity (Wildman–Crippen MR) is 50.7 cm³/mol. The fourth-order valence-electron chi connectivity index (χ4n) is 1.14. The third-order valence-electron chi connectivity index (χ3n) is 1.80. The highest BCUT2D eigenvalue weighted by molar-refractivity contribution is 6.68. The molecule has 6 nitrogen and oxygen atoms in total. The fraction of sp³-hybridized carbons (Fsp3) is 0.125. The van der Waals surface area contributed by atoms with Crippen LogP contribution in [0, 0.1) is 21.4 Å². The van der Waals surface area contributed by atoms with Crippen molar-refractivity contribution in [2.24, 2.45) is 0 Å².